The van der Waals surface area contributed by atoms with E-state index in [9.17, 15) is 19.2 Å². The monoisotopic (exact) mass is 316 g/mol. The number of rotatable bonds is 5. The highest BCUT2D eigenvalue weighted by molar-refractivity contribution is 7.16. The van der Waals surface area contributed by atoms with Gasteiger partial charge in [-0.25, -0.2) is 0 Å². The number of thiophene rings is 1. The first kappa shape index (κ1) is 16.1. The molecule has 0 aromatic carbocycles. The molecule has 7 nitrogen and oxygen atoms in total. The van der Waals surface area contributed by atoms with Crippen molar-refractivity contribution in [1.82, 2.24) is 0 Å². The Morgan fingerprint density at radius 1 is 0.950 bits per heavy atom. The van der Waals surface area contributed by atoms with Gasteiger partial charge in [-0.15, -0.1) is 11.3 Å². The minimum atomic E-state index is -4.47. The molecule has 1 aromatic heterocycles. The van der Waals surface area contributed by atoms with Crippen molar-refractivity contribution in [3.05, 3.63) is 22.4 Å². The predicted molar refractivity (Wildman–Crippen MR) is 69.7 cm³/mol. The van der Waals surface area contributed by atoms with Crippen LogP contribution in [0.3, 0.4) is 0 Å². The van der Waals surface area contributed by atoms with Crippen molar-refractivity contribution >= 4 is 43.5 Å². The summed E-state index contributed by atoms with van der Waals surface area (Å²) < 4.78 is 14.4. The molecule has 0 bridgehead atoms. The standard InChI is InChI=1S/C11H12O7SSi/c1-7(12)16-20(17-8(2)13,18-9(3)14)11(15)10-5-4-6-19-10/h4-6H,1-3H3. The summed E-state index contributed by atoms with van der Waals surface area (Å²) >= 11 is 1.05. The van der Waals surface area contributed by atoms with Crippen LogP contribution in [0.1, 0.15) is 30.4 Å². The van der Waals surface area contributed by atoms with Crippen LogP contribution in [-0.2, 0) is 27.7 Å². The van der Waals surface area contributed by atoms with Gasteiger partial charge in [0, 0.05) is 20.8 Å². The molecule has 0 fully saturated rings. The third-order valence-electron chi connectivity index (χ3n) is 1.86. The minimum Gasteiger partial charge on any atom is -0.450 e. The van der Waals surface area contributed by atoms with Gasteiger partial charge in [-0.3, -0.25) is 19.2 Å². The zero-order valence-corrected chi connectivity index (χ0v) is 12.8. The first-order valence-corrected chi connectivity index (χ1v) is 8.04. The molecule has 0 aliphatic rings. The topological polar surface area (TPSA) is 96.0 Å². The molecule has 108 valence electrons. The molecule has 0 spiro atoms. The van der Waals surface area contributed by atoms with E-state index in [1.165, 1.54) is 6.07 Å². The Morgan fingerprint density at radius 2 is 1.40 bits per heavy atom. The molecule has 0 saturated carbocycles. The van der Waals surface area contributed by atoms with E-state index < -0.39 is 32.1 Å². The Balaban J connectivity index is 3.26. The minimum absolute atomic E-state index is 0.167. The maximum atomic E-state index is 12.4. The fraction of sp³-hybridized carbons (Fsp3) is 0.273. The first-order valence-electron chi connectivity index (χ1n) is 5.44. The van der Waals surface area contributed by atoms with Crippen LogP contribution in [0.2, 0.25) is 0 Å². The molecule has 0 saturated heterocycles. The Morgan fingerprint density at radius 3 is 1.70 bits per heavy atom. The lowest BCUT2D eigenvalue weighted by Gasteiger charge is -2.23. The first-order chi connectivity index (χ1) is 9.27. The van der Waals surface area contributed by atoms with Crippen molar-refractivity contribution < 1.29 is 32.5 Å². The molecule has 1 rings (SSSR count). The largest absolute Gasteiger partial charge is 0.786 e. The van der Waals surface area contributed by atoms with E-state index in [0.29, 0.717) is 0 Å². The van der Waals surface area contributed by atoms with Crippen LogP contribution >= 0.6 is 11.3 Å². The molecule has 20 heavy (non-hydrogen) atoms. The molecule has 0 aliphatic carbocycles. The fourth-order valence-corrected chi connectivity index (χ4v) is 4.37. The summed E-state index contributed by atoms with van der Waals surface area (Å²) in [6, 6.07) is 3.04. The number of hydrogen-bond acceptors (Lipinski definition) is 8. The zero-order valence-electron chi connectivity index (χ0n) is 11.0. The van der Waals surface area contributed by atoms with E-state index in [0.717, 1.165) is 32.1 Å². The van der Waals surface area contributed by atoms with E-state index >= 15 is 0 Å². The van der Waals surface area contributed by atoms with Gasteiger partial charge < -0.3 is 13.3 Å². The molecular formula is C11H12O7SSi. The van der Waals surface area contributed by atoms with Crippen LogP contribution in [0.4, 0.5) is 0 Å². The smallest absolute Gasteiger partial charge is 0.450 e. The summed E-state index contributed by atoms with van der Waals surface area (Å²) in [7, 11) is -4.47. The van der Waals surface area contributed by atoms with E-state index in [1.54, 1.807) is 11.4 Å². The lowest BCUT2D eigenvalue weighted by Crippen LogP contribution is -2.56. The van der Waals surface area contributed by atoms with Gasteiger partial charge in [0.1, 0.15) is 0 Å². The Bertz CT molecular complexity index is 496. The van der Waals surface area contributed by atoms with Gasteiger partial charge in [-0.05, 0) is 11.4 Å². The second-order valence-electron chi connectivity index (χ2n) is 3.64. The SMILES string of the molecule is CC(=O)O[Si](OC(C)=O)(OC(C)=O)C(=O)c1cccs1. The highest BCUT2D eigenvalue weighted by atomic mass is 32.1. The maximum Gasteiger partial charge on any atom is 0.786 e. The highest BCUT2D eigenvalue weighted by Crippen LogP contribution is 2.21. The average molecular weight is 316 g/mol. The summed E-state index contributed by atoms with van der Waals surface area (Å²) in [5.74, 6) is -2.66. The molecule has 0 unspecified atom stereocenters. The Hall–Kier alpha value is -2.00. The van der Waals surface area contributed by atoms with Gasteiger partial charge in [0.2, 0.25) is 0 Å². The Kier molecular flexibility index (Phi) is 5.17. The lowest BCUT2D eigenvalue weighted by atomic mass is 10.5. The summed E-state index contributed by atoms with van der Waals surface area (Å²) in [5.41, 5.74) is 0. The van der Waals surface area contributed by atoms with Gasteiger partial charge in [0.25, 0.3) is 23.3 Å². The fourth-order valence-electron chi connectivity index (χ4n) is 1.33. The summed E-state index contributed by atoms with van der Waals surface area (Å²) in [5, 5.41) is 0.801. The van der Waals surface area contributed by atoms with Crippen LogP contribution < -0.4 is 0 Å². The summed E-state index contributed by atoms with van der Waals surface area (Å²) in [6.45, 7) is 3.07. The quantitative estimate of drug-likeness (QED) is 0.750. The molecule has 1 heterocycles. The van der Waals surface area contributed by atoms with Crippen molar-refractivity contribution in [2.75, 3.05) is 0 Å². The number of hydrogen-bond donors (Lipinski definition) is 0. The van der Waals surface area contributed by atoms with E-state index in [2.05, 4.69) is 0 Å². The molecule has 0 amide bonds. The second-order valence-corrected chi connectivity index (χ2v) is 6.77. The van der Waals surface area contributed by atoms with Crippen molar-refractivity contribution in [2.24, 2.45) is 0 Å². The van der Waals surface area contributed by atoms with Crippen LogP contribution in [0.25, 0.3) is 0 Å². The Labute approximate surface area is 119 Å². The van der Waals surface area contributed by atoms with Gasteiger partial charge in [0.05, 0.1) is 4.88 Å². The van der Waals surface area contributed by atoms with Crippen LogP contribution in [-0.4, -0.2) is 32.1 Å². The van der Waals surface area contributed by atoms with Crippen LogP contribution in [0.5, 0.6) is 0 Å². The maximum absolute atomic E-state index is 12.4. The van der Waals surface area contributed by atoms with Gasteiger partial charge in [0.15, 0.2) is 0 Å². The molecule has 0 atom stereocenters. The van der Waals surface area contributed by atoms with Gasteiger partial charge in [-0.2, -0.15) is 0 Å². The average Bonchev–Trinajstić information content (AvgIpc) is 2.77. The van der Waals surface area contributed by atoms with E-state index in [1.807, 2.05) is 0 Å². The van der Waals surface area contributed by atoms with Crippen molar-refractivity contribution in [3.8, 4) is 0 Å². The normalized spacial score (nSPS) is 10.6. The van der Waals surface area contributed by atoms with E-state index in [4.69, 9.17) is 13.3 Å². The molecule has 9 heteroatoms. The van der Waals surface area contributed by atoms with Crippen LogP contribution in [0, 0.1) is 0 Å². The van der Waals surface area contributed by atoms with Crippen molar-refractivity contribution in [1.29, 1.82) is 0 Å². The molecule has 0 aliphatic heterocycles. The van der Waals surface area contributed by atoms with E-state index in [-0.39, 0.29) is 4.88 Å². The number of carbonyl (C=O) groups excluding carboxylic acids is 4. The molecule has 0 radical (unpaired) electrons. The van der Waals surface area contributed by atoms with Crippen LogP contribution in [0.15, 0.2) is 17.5 Å². The zero-order chi connectivity index (χ0) is 15.3. The summed E-state index contributed by atoms with van der Waals surface area (Å²) in [6.07, 6.45) is 0. The third-order valence-corrected chi connectivity index (χ3v) is 5.40. The predicted octanol–water partition coefficient (Wildman–Crippen LogP) is 1.10. The highest BCUT2D eigenvalue weighted by Gasteiger charge is 2.61. The van der Waals surface area contributed by atoms with Crippen molar-refractivity contribution in [3.63, 3.8) is 0 Å². The van der Waals surface area contributed by atoms with Gasteiger partial charge >= 0.3 is 8.80 Å². The lowest BCUT2D eigenvalue weighted by molar-refractivity contribution is -0.146. The second kappa shape index (κ2) is 6.44. The molecule has 1 aromatic rings. The molecule has 0 N–H and O–H groups in total. The van der Waals surface area contributed by atoms with Crippen molar-refractivity contribution in [2.45, 2.75) is 20.8 Å². The molecular weight excluding hydrogens is 304 g/mol. The third kappa shape index (κ3) is 4.00. The van der Waals surface area contributed by atoms with Gasteiger partial charge in [-0.1, -0.05) is 6.07 Å². The number of carbonyl (C=O) groups is 4. The summed E-state index contributed by atoms with van der Waals surface area (Å²) in [4.78, 5) is 46.1.